The summed E-state index contributed by atoms with van der Waals surface area (Å²) in [5.74, 6) is 0.0785. The molecule has 5 nitrogen and oxygen atoms in total. The highest BCUT2D eigenvalue weighted by atomic mass is 35.5. The minimum absolute atomic E-state index is 0. The van der Waals surface area contributed by atoms with Gasteiger partial charge in [0.1, 0.15) is 32.2 Å². The molecule has 1 heterocycles. The van der Waals surface area contributed by atoms with E-state index in [1.165, 1.54) is 11.8 Å². The van der Waals surface area contributed by atoms with E-state index in [9.17, 15) is 9.59 Å². The molecule has 0 aromatic heterocycles. The van der Waals surface area contributed by atoms with Gasteiger partial charge in [-0.05, 0) is 45.0 Å². The van der Waals surface area contributed by atoms with E-state index in [1.54, 1.807) is 29.2 Å². The van der Waals surface area contributed by atoms with E-state index in [4.69, 9.17) is 0 Å². The third-order valence-corrected chi connectivity index (χ3v) is 4.85. The zero-order chi connectivity index (χ0) is 17.0. The van der Waals surface area contributed by atoms with Gasteiger partial charge in [0, 0.05) is 18.2 Å². The average Bonchev–Trinajstić information content (AvgIpc) is 2.53. The molecule has 1 aliphatic rings. The van der Waals surface area contributed by atoms with E-state index < -0.39 is 0 Å². The number of benzene rings is 1. The molecule has 25 heavy (non-hydrogen) atoms. The average molecular weight is 390 g/mol. The number of halogens is 2. The van der Waals surface area contributed by atoms with Crippen molar-refractivity contribution in [1.29, 1.82) is 0 Å². The van der Waals surface area contributed by atoms with Crippen LogP contribution in [-0.4, -0.2) is 50.0 Å². The van der Waals surface area contributed by atoms with Crippen LogP contribution in [0.15, 0.2) is 24.3 Å². The van der Waals surface area contributed by atoms with Crippen molar-refractivity contribution in [3.63, 3.8) is 0 Å². The first-order valence-corrected chi connectivity index (χ1v) is 8.49. The van der Waals surface area contributed by atoms with Crippen molar-refractivity contribution in [3.8, 4) is 0 Å². The molecular formula is C18H29Cl2N3O2. The molecule has 1 unspecified atom stereocenters. The number of Topliss-reactive ketones (excluding diaryl/α,β-unsaturated/α-hetero) is 1. The number of rotatable bonds is 5. The van der Waals surface area contributed by atoms with Crippen molar-refractivity contribution in [2.24, 2.45) is 0 Å². The fourth-order valence-corrected chi connectivity index (χ4v) is 3.26. The summed E-state index contributed by atoms with van der Waals surface area (Å²) in [4.78, 5) is 26.7. The Bertz CT molecular complexity index is 556. The second-order valence-corrected chi connectivity index (χ2v) is 6.82. The largest absolute Gasteiger partial charge is 1.00 e. The fourth-order valence-electron chi connectivity index (χ4n) is 3.26. The quantitative estimate of drug-likeness (QED) is 0.438. The molecule has 1 aliphatic heterocycles. The minimum atomic E-state index is -0.104. The first-order chi connectivity index (χ1) is 10.9. The van der Waals surface area contributed by atoms with Crippen LogP contribution in [0.4, 0.5) is 5.69 Å². The van der Waals surface area contributed by atoms with Gasteiger partial charge in [0.25, 0.3) is 0 Å². The summed E-state index contributed by atoms with van der Waals surface area (Å²) >= 11 is 0. The van der Waals surface area contributed by atoms with Crippen molar-refractivity contribution in [3.05, 3.63) is 29.8 Å². The molecule has 0 bridgehead atoms. The van der Waals surface area contributed by atoms with Crippen LogP contribution in [0.3, 0.4) is 0 Å². The number of hydrogen-bond acceptors (Lipinski definition) is 2. The first kappa shape index (κ1) is 23.9. The lowest BCUT2D eigenvalue weighted by atomic mass is 10.0. The Hall–Kier alpha value is -1.14. The second kappa shape index (κ2) is 10.8. The van der Waals surface area contributed by atoms with Gasteiger partial charge >= 0.3 is 0 Å². The number of nitrogens with one attached hydrogen (secondary N) is 3. The Morgan fingerprint density at radius 3 is 1.84 bits per heavy atom. The van der Waals surface area contributed by atoms with Gasteiger partial charge in [-0.1, -0.05) is 0 Å². The van der Waals surface area contributed by atoms with E-state index in [1.807, 2.05) is 6.92 Å². The molecule has 1 saturated heterocycles. The van der Waals surface area contributed by atoms with Crippen LogP contribution >= 0.6 is 0 Å². The van der Waals surface area contributed by atoms with Crippen molar-refractivity contribution < 1.29 is 44.2 Å². The highest BCUT2D eigenvalue weighted by Crippen LogP contribution is 2.10. The van der Waals surface area contributed by atoms with Crippen molar-refractivity contribution >= 4 is 17.4 Å². The maximum Gasteiger partial charge on any atom is 0.221 e. The highest BCUT2D eigenvalue weighted by Gasteiger charge is 2.32. The van der Waals surface area contributed by atoms with E-state index in [-0.39, 0.29) is 42.5 Å². The second-order valence-electron chi connectivity index (χ2n) is 6.82. The maximum absolute atomic E-state index is 12.7. The van der Waals surface area contributed by atoms with Crippen molar-refractivity contribution in [1.82, 2.24) is 0 Å². The molecule has 0 spiro atoms. The van der Waals surface area contributed by atoms with Gasteiger partial charge in [0.2, 0.25) is 11.7 Å². The number of anilines is 1. The maximum atomic E-state index is 12.7. The molecule has 7 heteroatoms. The predicted octanol–water partition coefficient (Wildman–Crippen LogP) is -6.58. The molecule has 3 N–H and O–H groups in total. The van der Waals surface area contributed by atoms with Crippen LogP contribution < -0.4 is 39.9 Å². The van der Waals surface area contributed by atoms with E-state index in [0.717, 1.165) is 37.4 Å². The van der Waals surface area contributed by atoms with E-state index in [0.29, 0.717) is 6.04 Å². The normalized spacial score (nSPS) is 20.8. The lowest BCUT2D eigenvalue weighted by molar-refractivity contribution is -1.03. The summed E-state index contributed by atoms with van der Waals surface area (Å²) in [7, 11) is 0. The molecule has 1 amide bonds. The van der Waals surface area contributed by atoms with Gasteiger partial charge in [0.05, 0.1) is 6.04 Å². The molecule has 0 radical (unpaired) electrons. The fraction of sp³-hybridized carbons (Fsp3) is 0.556. The lowest BCUT2D eigenvalue weighted by Gasteiger charge is -2.34. The molecule has 1 atom stereocenters. The summed E-state index contributed by atoms with van der Waals surface area (Å²) in [6, 6.07) is 7.83. The molecule has 2 rings (SSSR count). The van der Waals surface area contributed by atoms with Gasteiger partial charge in [-0.15, -0.1) is 0 Å². The van der Waals surface area contributed by atoms with Crippen LogP contribution in [0.2, 0.25) is 0 Å². The topological polar surface area (TPSA) is 55.0 Å². The van der Waals surface area contributed by atoms with Crippen molar-refractivity contribution in [2.75, 3.05) is 31.5 Å². The Morgan fingerprint density at radius 2 is 1.40 bits per heavy atom. The monoisotopic (exact) mass is 389 g/mol. The smallest absolute Gasteiger partial charge is 0.221 e. The number of hydrogen-bond donors (Lipinski definition) is 3. The number of ketones is 1. The van der Waals surface area contributed by atoms with E-state index >= 15 is 0 Å². The van der Waals surface area contributed by atoms with Gasteiger partial charge in [0.15, 0.2) is 0 Å². The summed E-state index contributed by atoms with van der Waals surface area (Å²) in [5.41, 5.74) is 1.45. The predicted molar refractivity (Wildman–Crippen MR) is 91.1 cm³/mol. The van der Waals surface area contributed by atoms with Crippen LogP contribution in [0.1, 0.15) is 38.1 Å². The standard InChI is InChI=1S/C18H27N3O2.2ClH/c1-13(2)20-9-11-21(12-10-20)14(3)18(23)16-5-7-17(8-6-16)19-15(4)22;;/h5-8,13-14H,9-12H2,1-4H3,(H,19,22);2*1H. The molecule has 1 fully saturated rings. The SMILES string of the molecule is CC(=O)Nc1ccc(C(=O)C(C)[NH+]2CC[NH+](C(C)C)CC2)cc1.[Cl-].[Cl-]. The van der Waals surface area contributed by atoms with Crippen LogP contribution in [0, 0.1) is 0 Å². The number of carbonyl (C=O) groups excluding carboxylic acids is 2. The Labute approximate surface area is 163 Å². The summed E-state index contributed by atoms with van der Waals surface area (Å²) in [6.45, 7) is 12.4. The third-order valence-electron chi connectivity index (χ3n) is 4.85. The Kier molecular flexibility index (Phi) is 10.3. The number of quaternary nitrogens is 2. The molecule has 1 aromatic rings. The number of carbonyl (C=O) groups is 2. The summed E-state index contributed by atoms with van der Waals surface area (Å²) < 4.78 is 0. The van der Waals surface area contributed by atoms with Gasteiger partial charge in [-0.3, -0.25) is 9.59 Å². The third kappa shape index (κ3) is 6.59. The summed E-state index contributed by atoms with van der Waals surface area (Å²) in [5, 5.41) is 2.72. The first-order valence-electron chi connectivity index (χ1n) is 8.49. The lowest BCUT2D eigenvalue weighted by Crippen LogP contribution is -3.31. The van der Waals surface area contributed by atoms with Crippen LogP contribution in [0.5, 0.6) is 0 Å². The molecule has 0 aliphatic carbocycles. The van der Waals surface area contributed by atoms with Gasteiger partial charge in [-0.25, -0.2) is 0 Å². The van der Waals surface area contributed by atoms with Crippen LogP contribution in [-0.2, 0) is 4.79 Å². The van der Waals surface area contributed by atoms with Crippen molar-refractivity contribution in [2.45, 2.75) is 39.8 Å². The van der Waals surface area contributed by atoms with E-state index in [2.05, 4.69) is 19.2 Å². The van der Waals surface area contributed by atoms with Gasteiger partial charge in [-0.2, -0.15) is 0 Å². The minimum Gasteiger partial charge on any atom is -1.00 e. The molecular weight excluding hydrogens is 361 g/mol. The number of amides is 1. The zero-order valence-electron chi connectivity index (χ0n) is 15.4. The van der Waals surface area contributed by atoms with Crippen LogP contribution in [0.25, 0.3) is 0 Å². The Balaban J connectivity index is 0.00000288. The summed E-state index contributed by atoms with van der Waals surface area (Å²) in [6.07, 6.45) is 0. The zero-order valence-corrected chi connectivity index (χ0v) is 16.9. The molecule has 1 aromatic carbocycles. The molecule has 142 valence electrons. The highest BCUT2D eigenvalue weighted by molar-refractivity contribution is 5.99. The van der Waals surface area contributed by atoms with Gasteiger partial charge < -0.3 is 39.9 Å². The number of piperazine rings is 1. The Morgan fingerprint density at radius 1 is 0.920 bits per heavy atom. The molecule has 0 saturated carbocycles.